The molecule has 0 radical (unpaired) electrons. The Morgan fingerprint density at radius 2 is 1.96 bits per heavy atom. The second-order valence-electron chi connectivity index (χ2n) is 5.46. The maximum Gasteiger partial charge on any atom is 0.248 e. The second-order valence-corrected chi connectivity index (χ2v) is 6.38. The second kappa shape index (κ2) is 8.40. The van der Waals surface area contributed by atoms with Crippen LogP contribution in [0.3, 0.4) is 0 Å². The molecular formula is C20H17BrN4O. The van der Waals surface area contributed by atoms with Crippen molar-refractivity contribution in [1.29, 1.82) is 0 Å². The molecule has 3 rings (SSSR count). The molecule has 3 aromatic rings. The van der Waals surface area contributed by atoms with Gasteiger partial charge in [0, 0.05) is 27.3 Å². The lowest BCUT2D eigenvalue weighted by atomic mass is 10.2. The van der Waals surface area contributed by atoms with E-state index in [0.717, 1.165) is 21.1 Å². The average molecular weight is 409 g/mol. The molecule has 0 aliphatic carbocycles. The van der Waals surface area contributed by atoms with E-state index in [4.69, 9.17) is 0 Å². The number of benzene rings is 2. The van der Waals surface area contributed by atoms with Crippen molar-refractivity contribution in [2.24, 2.45) is 0 Å². The Labute approximate surface area is 160 Å². The van der Waals surface area contributed by atoms with Crippen LogP contribution in [0.2, 0.25) is 0 Å². The number of allylic oxidation sites excluding steroid dienone is 3. The number of nitrogens with one attached hydrogen (secondary N) is 2. The minimum atomic E-state index is -0.194. The molecule has 0 atom stereocenters. The minimum Gasteiger partial charge on any atom is -0.340 e. The number of aromatic nitrogens is 2. The van der Waals surface area contributed by atoms with E-state index >= 15 is 0 Å². The summed E-state index contributed by atoms with van der Waals surface area (Å²) < 4.78 is 0.974. The molecule has 0 aliphatic rings. The Bertz CT molecular complexity index is 998. The van der Waals surface area contributed by atoms with Crippen LogP contribution in [0, 0.1) is 0 Å². The molecule has 130 valence electrons. The van der Waals surface area contributed by atoms with Crippen LogP contribution in [-0.4, -0.2) is 15.9 Å². The van der Waals surface area contributed by atoms with Gasteiger partial charge in [0.1, 0.15) is 12.1 Å². The third-order valence-corrected chi connectivity index (χ3v) is 4.03. The van der Waals surface area contributed by atoms with Crippen LogP contribution in [-0.2, 0) is 4.79 Å². The van der Waals surface area contributed by atoms with Gasteiger partial charge in [-0.05, 0) is 43.3 Å². The normalized spacial score (nSPS) is 11.3. The Hall–Kier alpha value is -2.99. The van der Waals surface area contributed by atoms with Gasteiger partial charge in [-0.25, -0.2) is 9.97 Å². The first-order chi connectivity index (χ1) is 12.7. The third-order valence-electron chi connectivity index (χ3n) is 3.54. The lowest BCUT2D eigenvalue weighted by Crippen LogP contribution is -2.07. The van der Waals surface area contributed by atoms with E-state index in [1.807, 2.05) is 55.5 Å². The van der Waals surface area contributed by atoms with E-state index < -0.39 is 0 Å². The fourth-order valence-corrected chi connectivity index (χ4v) is 2.77. The van der Waals surface area contributed by atoms with Crippen LogP contribution >= 0.6 is 15.9 Å². The van der Waals surface area contributed by atoms with Crippen molar-refractivity contribution in [1.82, 2.24) is 9.97 Å². The molecule has 0 bridgehead atoms. The summed E-state index contributed by atoms with van der Waals surface area (Å²) in [7, 11) is 0. The number of halogens is 1. The molecule has 1 heterocycles. The fourth-order valence-electron chi connectivity index (χ4n) is 2.37. The summed E-state index contributed by atoms with van der Waals surface area (Å²) in [6, 6.07) is 13.4. The van der Waals surface area contributed by atoms with Gasteiger partial charge in [-0.3, -0.25) is 4.79 Å². The molecular weight excluding hydrogens is 392 g/mol. The molecule has 0 saturated heterocycles. The number of fused-ring (bicyclic) bond motifs is 1. The molecule has 0 aliphatic heterocycles. The van der Waals surface area contributed by atoms with E-state index in [0.29, 0.717) is 11.5 Å². The highest BCUT2D eigenvalue weighted by Gasteiger charge is 2.07. The van der Waals surface area contributed by atoms with Gasteiger partial charge in [0.25, 0.3) is 0 Å². The van der Waals surface area contributed by atoms with E-state index in [1.54, 1.807) is 12.2 Å². The zero-order valence-corrected chi connectivity index (χ0v) is 15.7. The zero-order valence-electron chi connectivity index (χ0n) is 14.1. The largest absolute Gasteiger partial charge is 0.340 e. The van der Waals surface area contributed by atoms with E-state index in [1.165, 1.54) is 12.4 Å². The minimum absolute atomic E-state index is 0.194. The van der Waals surface area contributed by atoms with Crippen molar-refractivity contribution >= 4 is 49.9 Å². The predicted octanol–water partition coefficient (Wildman–Crippen LogP) is 5.21. The van der Waals surface area contributed by atoms with Gasteiger partial charge in [0.05, 0.1) is 5.52 Å². The van der Waals surface area contributed by atoms with Crippen LogP contribution in [0.5, 0.6) is 0 Å². The summed E-state index contributed by atoms with van der Waals surface area (Å²) in [4.78, 5) is 20.6. The number of rotatable bonds is 5. The van der Waals surface area contributed by atoms with Crippen molar-refractivity contribution in [2.75, 3.05) is 10.6 Å². The first kappa shape index (κ1) is 17.8. The van der Waals surface area contributed by atoms with Crippen LogP contribution in [0.15, 0.2) is 77.6 Å². The summed E-state index contributed by atoms with van der Waals surface area (Å²) in [5.41, 5.74) is 2.38. The molecule has 6 heteroatoms. The molecule has 1 amide bonds. The molecule has 0 unspecified atom stereocenters. The summed E-state index contributed by atoms with van der Waals surface area (Å²) in [5.74, 6) is 0.481. The third kappa shape index (κ3) is 4.55. The highest BCUT2D eigenvalue weighted by atomic mass is 79.9. The highest BCUT2D eigenvalue weighted by Crippen LogP contribution is 2.26. The average Bonchev–Trinajstić information content (AvgIpc) is 2.62. The fraction of sp³-hybridized carbons (Fsp3) is 0.0500. The van der Waals surface area contributed by atoms with Crippen molar-refractivity contribution in [2.45, 2.75) is 6.92 Å². The number of carbonyl (C=O) groups is 1. The molecule has 0 fully saturated rings. The van der Waals surface area contributed by atoms with E-state index in [-0.39, 0.29) is 5.91 Å². The predicted molar refractivity (Wildman–Crippen MR) is 110 cm³/mol. The topological polar surface area (TPSA) is 66.9 Å². The van der Waals surface area contributed by atoms with Crippen molar-refractivity contribution < 1.29 is 4.79 Å². The first-order valence-electron chi connectivity index (χ1n) is 8.03. The van der Waals surface area contributed by atoms with Crippen LogP contribution in [0.4, 0.5) is 17.2 Å². The molecule has 2 N–H and O–H groups in total. The maximum absolute atomic E-state index is 12.0. The number of hydrogen-bond acceptors (Lipinski definition) is 4. The molecule has 0 spiro atoms. The van der Waals surface area contributed by atoms with Gasteiger partial charge in [-0.2, -0.15) is 0 Å². The molecule has 2 aromatic carbocycles. The van der Waals surface area contributed by atoms with Gasteiger partial charge in [-0.15, -0.1) is 0 Å². The Balaban J connectivity index is 1.89. The zero-order chi connectivity index (χ0) is 18.4. The number of carbonyl (C=O) groups excluding carboxylic acids is 1. The quantitative estimate of drug-likeness (QED) is 0.449. The SMILES string of the molecule is C/C=C/C=C/C(=O)Nc1ccc2ncnc(Nc3cccc(Br)c3)c2c1. The van der Waals surface area contributed by atoms with Crippen molar-refractivity contribution in [3.63, 3.8) is 0 Å². The number of amides is 1. The lowest BCUT2D eigenvalue weighted by Gasteiger charge is -2.10. The van der Waals surface area contributed by atoms with E-state index in [9.17, 15) is 4.79 Å². The van der Waals surface area contributed by atoms with Gasteiger partial charge >= 0.3 is 0 Å². The molecule has 5 nitrogen and oxygen atoms in total. The van der Waals surface area contributed by atoms with Crippen molar-refractivity contribution in [3.8, 4) is 0 Å². The van der Waals surface area contributed by atoms with Crippen molar-refractivity contribution in [3.05, 3.63) is 77.6 Å². The summed E-state index contributed by atoms with van der Waals surface area (Å²) >= 11 is 3.46. The van der Waals surface area contributed by atoms with Gasteiger partial charge in [-0.1, -0.05) is 40.2 Å². The number of hydrogen-bond donors (Lipinski definition) is 2. The molecule has 0 saturated carbocycles. The molecule has 1 aromatic heterocycles. The standard InChI is InChI=1S/C20H17BrN4O/c1-2-3-4-8-19(26)24-16-9-10-18-17(12-16)20(23-13-22-18)25-15-7-5-6-14(21)11-15/h2-13H,1H3,(H,24,26)(H,22,23,25)/b3-2+,8-4+. The smallest absolute Gasteiger partial charge is 0.248 e. The van der Waals surface area contributed by atoms with Gasteiger partial charge in [0.15, 0.2) is 0 Å². The summed E-state index contributed by atoms with van der Waals surface area (Å²) in [6.45, 7) is 1.89. The maximum atomic E-state index is 12.0. The van der Waals surface area contributed by atoms with Crippen LogP contribution in [0.1, 0.15) is 6.92 Å². The Morgan fingerprint density at radius 3 is 2.77 bits per heavy atom. The monoisotopic (exact) mass is 408 g/mol. The van der Waals surface area contributed by atoms with Gasteiger partial charge in [0.2, 0.25) is 5.91 Å². The first-order valence-corrected chi connectivity index (χ1v) is 8.83. The summed E-state index contributed by atoms with van der Waals surface area (Å²) in [6.07, 6.45) is 8.34. The van der Waals surface area contributed by atoms with Gasteiger partial charge < -0.3 is 10.6 Å². The molecule has 26 heavy (non-hydrogen) atoms. The number of nitrogens with zero attached hydrogens (tertiary/aromatic N) is 2. The van der Waals surface area contributed by atoms with E-state index in [2.05, 4.69) is 36.5 Å². The lowest BCUT2D eigenvalue weighted by molar-refractivity contribution is -0.111. The highest BCUT2D eigenvalue weighted by molar-refractivity contribution is 9.10. The van der Waals surface area contributed by atoms with Crippen LogP contribution in [0.25, 0.3) is 10.9 Å². The van der Waals surface area contributed by atoms with Crippen LogP contribution < -0.4 is 10.6 Å². The summed E-state index contributed by atoms with van der Waals surface area (Å²) in [5, 5.41) is 6.96. The number of anilines is 3. The Morgan fingerprint density at radius 1 is 1.08 bits per heavy atom. The Kier molecular flexibility index (Phi) is 5.76.